The zero-order valence-electron chi connectivity index (χ0n) is 10.3. The van der Waals surface area contributed by atoms with E-state index in [4.69, 9.17) is 5.11 Å². The van der Waals surface area contributed by atoms with Gasteiger partial charge in [-0.05, 0) is 26.7 Å². The highest BCUT2D eigenvalue weighted by molar-refractivity contribution is 5.78. The van der Waals surface area contributed by atoms with Crippen LogP contribution in [0.2, 0.25) is 0 Å². The summed E-state index contributed by atoms with van der Waals surface area (Å²) in [6.07, 6.45) is 1.90. The van der Waals surface area contributed by atoms with Crippen LogP contribution in [0.15, 0.2) is 0 Å². The summed E-state index contributed by atoms with van der Waals surface area (Å²) in [6, 6.07) is 0.261. The van der Waals surface area contributed by atoms with Crippen molar-refractivity contribution in [1.82, 2.24) is 10.6 Å². The lowest BCUT2D eigenvalue weighted by Gasteiger charge is -2.24. The Morgan fingerprint density at radius 3 is 2.27 bits per heavy atom. The van der Waals surface area contributed by atoms with Crippen LogP contribution in [0.3, 0.4) is 0 Å². The summed E-state index contributed by atoms with van der Waals surface area (Å²) in [4.78, 5) is 11.5. The van der Waals surface area contributed by atoms with E-state index in [1.807, 2.05) is 13.8 Å². The van der Waals surface area contributed by atoms with Crippen molar-refractivity contribution < 1.29 is 9.90 Å². The highest BCUT2D eigenvalue weighted by Crippen LogP contribution is 1.99. The van der Waals surface area contributed by atoms with Crippen molar-refractivity contribution in [2.75, 3.05) is 13.2 Å². The van der Waals surface area contributed by atoms with Crippen molar-refractivity contribution in [3.05, 3.63) is 0 Å². The minimum atomic E-state index is -0.398. The Balaban J connectivity index is 3.84. The summed E-state index contributed by atoms with van der Waals surface area (Å²) in [6.45, 7) is 8.10. The van der Waals surface area contributed by atoms with Crippen molar-refractivity contribution in [1.29, 1.82) is 0 Å². The van der Waals surface area contributed by atoms with Crippen molar-refractivity contribution in [2.45, 2.75) is 52.1 Å². The largest absolute Gasteiger partial charge is 0.394 e. The zero-order valence-corrected chi connectivity index (χ0v) is 10.3. The van der Waals surface area contributed by atoms with Crippen LogP contribution in [-0.2, 0) is 4.79 Å². The van der Waals surface area contributed by atoms with Gasteiger partial charge in [0.1, 0.15) is 0 Å². The van der Waals surface area contributed by atoms with Crippen LogP contribution in [0, 0.1) is 0 Å². The molecule has 0 heterocycles. The van der Waals surface area contributed by atoms with E-state index < -0.39 is 5.54 Å². The van der Waals surface area contributed by atoms with Gasteiger partial charge in [-0.2, -0.15) is 0 Å². The Morgan fingerprint density at radius 1 is 1.33 bits per heavy atom. The first-order valence-electron chi connectivity index (χ1n) is 5.60. The van der Waals surface area contributed by atoms with E-state index in [9.17, 15) is 4.79 Å². The number of hydrogen-bond donors (Lipinski definition) is 3. The molecule has 90 valence electrons. The number of aliphatic hydroxyl groups is 1. The highest BCUT2D eigenvalue weighted by atomic mass is 16.3. The van der Waals surface area contributed by atoms with Crippen LogP contribution in [0.25, 0.3) is 0 Å². The lowest BCUT2D eigenvalue weighted by Crippen LogP contribution is -2.49. The lowest BCUT2D eigenvalue weighted by atomic mass is 10.1. The Hall–Kier alpha value is -0.610. The maximum atomic E-state index is 11.5. The van der Waals surface area contributed by atoms with Crippen LogP contribution in [-0.4, -0.2) is 35.7 Å². The first kappa shape index (κ1) is 14.4. The predicted octanol–water partition coefficient (Wildman–Crippen LogP) is 0.652. The van der Waals surface area contributed by atoms with Gasteiger partial charge < -0.3 is 15.7 Å². The van der Waals surface area contributed by atoms with E-state index in [0.29, 0.717) is 0 Å². The summed E-state index contributed by atoms with van der Waals surface area (Å²) in [5.41, 5.74) is -0.398. The summed E-state index contributed by atoms with van der Waals surface area (Å²) in [7, 11) is 0. The van der Waals surface area contributed by atoms with E-state index in [1.165, 1.54) is 0 Å². The molecule has 0 aliphatic carbocycles. The van der Waals surface area contributed by atoms with Gasteiger partial charge in [0.2, 0.25) is 5.91 Å². The van der Waals surface area contributed by atoms with E-state index in [1.54, 1.807) is 0 Å². The second-order valence-electron chi connectivity index (χ2n) is 4.48. The maximum absolute atomic E-state index is 11.5. The summed E-state index contributed by atoms with van der Waals surface area (Å²) in [5, 5.41) is 14.9. The Morgan fingerprint density at radius 2 is 1.87 bits per heavy atom. The SMILES string of the molecule is CCC(CC)NC(=O)CNC(C)(C)CO. The van der Waals surface area contributed by atoms with Gasteiger partial charge in [0.15, 0.2) is 0 Å². The monoisotopic (exact) mass is 216 g/mol. The van der Waals surface area contributed by atoms with Gasteiger partial charge in [-0.25, -0.2) is 0 Å². The van der Waals surface area contributed by atoms with Crippen LogP contribution >= 0.6 is 0 Å². The fourth-order valence-corrected chi connectivity index (χ4v) is 1.15. The quantitative estimate of drug-likeness (QED) is 0.585. The number of nitrogens with one attached hydrogen (secondary N) is 2. The molecule has 15 heavy (non-hydrogen) atoms. The molecular weight excluding hydrogens is 192 g/mol. The van der Waals surface area contributed by atoms with E-state index >= 15 is 0 Å². The van der Waals surface area contributed by atoms with Gasteiger partial charge in [-0.1, -0.05) is 13.8 Å². The maximum Gasteiger partial charge on any atom is 0.234 e. The summed E-state index contributed by atoms with van der Waals surface area (Å²) < 4.78 is 0. The van der Waals surface area contributed by atoms with Crippen molar-refractivity contribution in [2.24, 2.45) is 0 Å². The molecule has 0 aromatic rings. The Bertz CT molecular complexity index is 189. The fourth-order valence-electron chi connectivity index (χ4n) is 1.15. The smallest absolute Gasteiger partial charge is 0.234 e. The third kappa shape index (κ3) is 6.47. The molecule has 0 aromatic carbocycles. The van der Waals surface area contributed by atoms with Gasteiger partial charge in [0, 0.05) is 11.6 Å². The average Bonchev–Trinajstić information content (AvgIpc) is 2.23. The van der Waals surface area contributed by atoms with Gasteiger partial charge in [-0.15, -0.1) is 0 Å². The van der Waals surface area contributed by atoms with Crippen LogP contribution < -0.4 is 10.6 Å². The number of hydrogen-bond acceptors (Lipinski definition) is 3. The Labute approximate surface area is 92.4 Å². The first-order chi connectivity index (χ1) is 6.95. The number of carbonyl (C=O) groups is 1. The minimum absolute atomic E-state index is 0.00905. The zero-order chi connectivity index (χ0) is 11.9. The van der Waals surface area contributed by atoms with E-state index in [2.05, 4.69) is 24.5 Å². The molecular formula is C11H24N2O2. The second-order valence-corrected chi connectivity index (χ2v) is 4.48. The fraction of sp³-hybridized carbons (Fsp3) is 0.909. The van der Waals surface area contributed by atoms with Crippen molar-refractivity contribution >= 4 is 5.91 Å². The molecule has 3 N–H and O–H groups in total. The van der Waals surface area contributed by atoms with Gasteiger partial charge in [0.05, 0.1) is 13.2 Å². The highest BCUT2D eigenvalue weighted by Gasteiger charge is 2.17. The first-order valence-corrected chi connectivity index (χ1v) is 5.60. The molecule has 0 saturated heterocycles. The molecule has 4 nitrogen and oxygen atoms in total. The molecule has 0 aliphatic rings. The third-order valence-electron chi connectivity index (χ3n) is 2.47. The molecule has 0 aromatic heterocycles. The number of aliphatic hydroxyl groups excluding tert-OH is 1. The molecule has 4 heteroatoms. The summed E-state index contributed by atoms with van der Waals surface area (Å²) >= 11 is 0. The average molecular weight is 216 g/mol. The van der Waals surface area contributed by atoms with E-state index in [0.717, 1.165) is 12.8 Å². The van der Waals surface area contributed by atoms with Crippen LogP contribution in [0.4, 0.5) is 0 Å². The standard InChI is InChI=1S/C11H24N2O2/c1-5-9(6-2)13-10(15)7-12-11(3,4)8-14/h9,12,14H,5-8H2,1-4H3,(H,13,15). The van der Waals surface area contributed by atoms with Crippen molar-refractivity contribution in [3.8, 4) is 0 Å². The molecule has 0 fully saturated rings. The minimum Gasteiger partial charge on any atom is -0.394 e. The molecule has 0 radical (unpaired) electrons. The third-order valence-corrected chi connectivity index (χ3v) is 2.47. The molecule has 0 spiro atoms. The molecule has 0 unspecified atom stereocenters. The van der Waals surface area contributed by atoms with Gasteiger partial charge >= 0.3 is 0 Å². The molecule has 0 rings (SSSR count). The molecule has 0 aliphatic heterocycles. The number of carbonyl (C=O) groups excluding carboxylic acids is 1. The topological polar surface area (TPSA) is 61.4 Å². The molecule has 0 atom stereocenters. The Kier molecular flexibility index (Phi) is 6.52. The van der Waals surface area contributed by atoms with Crippen molar-refractivity contribution in [3.63, 3.8) is 0 Å². The summed E-state index contributed by atoms with van der Waals surface area (Å²) in [5.74, 6) is -0.00905. The number of rotatable bonds is 7. The molecule has 0 bridgehead atoms. The number of amides is 1. The molecule has 1 amide bonds. The van der Waals surface area contributed by atoms with Crippen LogP contribution in [0.5, 0.6) is 0 Å². The second kappa shape index (κ2) is 6.80. The van der Waals surface area contributed by atoms with Gasteiger partial charge in [0.25, 0.3) is 0 Å². The van der Waals surface area contributed by atoms with Gasteiger partial charge in [-0.3, -0.25) is 4.79 Å². The predicted molar refractivity (Wildman–Crippen MR) is 61.7 cm³/mol. The van der Waals surface area contributed by atoms with Crippen LogP contribution in [0.1, 0.15) is 40.5 Å². The van der Waals surface area contributed by atoms with E-state index in [-0.39, 0.29) is 25.1 Å². The molecule has 0 saturated carbocycles. The normalized spacial score (nSPS) is 11.9. The lowest BCUT2D eigenvalue weighted by molar-refractivity contribution is -0.121.